The molecule has 0 amide bonds. The number of aromatic amines is 2. The van der Waals surface area contributed by atoms with Gasteiger partial charge >= 0.3 is 22.2 Å². The summed E-state index contributed by atoms with van der Waals surface area (Å²) in [7, 11) is 0. The van der Waals surface area contributed by atoms with E-state index in [1.165, 1.54) is 0 Å². The van der Waals surface area contributed by atoms with E-state index in [9.17, 15) is 19.2 Å². The fraction of sp³-hybridized carbons (Fsp3) is 0. The Morgan fingerprint density at radius 3 is 1.00 bits per heavy atom. The summed E-state index contributed by atoms with van der Waals surface area (Å²) in [5.41, 5.74) is -2.01. The maximum absolute atomic E-state index is 13.3. The zero-order chi connectivity index (χ0) is 22.0. The van der Waals surface area contributed by atoms with Crippen LogP contribution >= 0.6 is 0 Å². The predicted octanol–water partition coefficient (Wildman–Crippen LogP) is 0.292. The van der Waals surface area contributed by atoms with E-state index in [0.717, 1.165) is 8.49 Å². The SMILES string of the molecule is O=c1c2ccc3c(=O)[n+](=c4cc[nH]cc4)c(=O)c4ccc(c(=O)[n+]1=c1cc[nH]cc1)c2c34. The Balaban J connectivity index is 1.99. The summed E-state index contributed by atoms with van der Waals surface area (Å²) >= 11 is 0. The molecule has 0 aliphatic heterocycles. The third-order valence-electron chi connectivity index (χ3n) is 5.81. The molecular formula is C24H14N4O4+2. The molecule has 0 unspecified atom stereocenters. The molecule has 0 aliphatic carbocycles. The van der Waals surface area contributed by atoms with Gasteiger partial charge in [-0.25, -0.2) is 19.2 Å². The van der Waals surface area contributed by atoms with Crippen molar-refractivity contribution >= 4 is 32.3 Å². The van der Waals surface area contributed by atoms with Crippen LogP contribution in [0, 0.1) is 10.7 Å². The number of hydrogen-bond acceptors (Lipinski definition) is 4. The van der Waals surface area contributed by atoms with Gasteiger partial charge in [0.15, 0.2) is 0 Å². The second kappa shape index (κ2) is 6.39. The second-order valence-corrected chi connectivity index (χ2v) is 7.48. The maximum atomic E-state index is 13.3. The van der Waals surface area contributed by atoms with Gasteiger partial charge in [0, 0.05) is 59.8 Å². The number of pyridine rings is 4. The smallest absolute Gasteiger partial charge is 0.367 e. The van der Waals surface area contributed by atoms with Crippen molar-refractivity contribution in [3.8, 4) is 0 Å². The van der Waals surface area contributed by atoms with Crippen molar-refractivity contribution < 1.29 is 8.49 Å². The summed E-state index contributed by atoms with van der Waals surface area (Å²) in [6.45, 7) is 0. The van der Waals surface area contributed by atoms with E-state index >= 15 is 0 Å². The van der Waals surface area contributed by atoms with Gasteiger partial charge in [-0.05, 0) is 24.3 Å². The Kier molecular flexibility index (Phi) is 3.61. The van der Waals surface area contributed by atoms with E-state index in [1.807, 2.05) is 0 Å². The summed E-state index contributed by atoms with van der Waals surface area (Å²) in [5.74, 6) is 0. The molecule has 0 radical (unpaired) electrons. The van der Waals surface area contributed by atoms with Crippen molar-refractivity contribution in [2.75, 3.05) is 0 Å². The van der Waals surface area contributed by atoms with Crippen LogP contribution in [0.1, 0.15) is 0 Å². The van der Waals surface area contributed by atoms with Gasteiger partial charge in [-0.2, -0.15) is 0 Å². The lowest BCUT2D eigenvalue weighted by Gasteiger charge is -2.03. The van der Waals surface area contributed by atoms with Gasteiger partial charge in [-0.1, -0.05) is 8.49 Å². The highest BCUT2D eigenvalue weighted by atomic mass is 16.2. The van der Waals surface area contributed by atoms with Crippen LogP contribution in [0.2, 0.25) is 0 Å². The zero-order valence-corrected chi connectivity index (χ0v) is 16.5. The van der Waals surface area contributed by atoms with Crippen molar-refractivity contribution in [1.82, 2.24) is 9.97 Å². The highest BCUT2D eigenvalue weighted by Gasteiger charge is 2.26. The van der Waals surface area contributed by atoms with E-state index in [1.54, 1.807) is 73.3 Å². The molecule has 2 aromatic carbocycles. The molecule has 0 saturated carbocycles. The lowest BCUT2D eigenvalue weighted by molar-refractivity contribution is -0.540. The van der Waals surface area contributed by atoms with Crippen LogP contribution in [-0.4, -0.2) is 9.97 Å². The number of H-pyrrole nitrogens is 2. The van der Waals surface area contributed by atoms with Crippen LogP contribution < -0.4 is 30.7 Å². The maximum Gasteiger partial charge on any atom is 0.429 e. The largest absolute Gasteiger partial charge is 0.429 e. The lowest BCUT2D eigenvalue weighted by atomic mass is 9.97. The van der Waals surface area contributed by atoms with Crippen molar-refractivity contribution in [1.29, 1.82) is 0 Å². The van der Waals surface area contributed by atoms with Crippen LogP contribution in [0.3, 0.4) is 0 Å². The first kappa shape index (κ1) is 18.1. The van der Waals surface area contributed by atoms with Gasteiger partial charge in [0.2, 0.25) is 10.7 Å². The monoisotopic (exact) mass is 422 g/mol. The molecule has 2 N–H and O–H groups in total. The van der Waals surface area contributed by atoms with Crippen molar-refractivity contribution in [2.24, 2.45) is 0 Å². The second-order valence-electron chi connectivity index (χ2n) is 7.48. The van der Waals surface area contributed by atoms with Crippen LogP contribution in [0.4, 0.5) is 0 Å². The van der Waals surface area contributed by atoms with Gasteiger partial charge in [-0.15, -0.1) is 0 Å². The summed E-state index contributed by atoms with van der Waals surface area (Å²) < 4.78 is 2.21. The highest BCUT2D eigenvalue weighted by Crippen LogP contribution is 2.27. The molecule has 6 aromatic rings. The number of hydrogen-bond donors (Lipinski definition) is 2. The Morgan fingerprint density at radius 2 is 0.719 bits per heavy atom. The molecule has 8 nitrogen and oxygen atoms in total. The van der Waals surface area contributed by atoms with Gasteiger partial charge in [-0.3, -0.25) is 0 Å². The number of nitrogens with one attached hydrogen (secondary N) is 2. The van der Waals surface area contributed by atoms with Gasteiger partial charge in [0.05, 0.1) is 0 Å². The Hall–Kier alpha value is -4.72. The van der Waals surface area contributed by atoms with E-state index in [4.69, 9.17) is 0 Å². The Morgan fingerprint density at radius 1 is 0.438 bits per heavy atom. The summed E-state index contributed by atoms with van der Waals surface area (Å²) in [6, 6.07) is 12.7. The fourth-order valence-corrected chi connectivity index (χ4v) is 4.40. The number of rotatable bonds is 0. The fourth-order valence-electron chi connectivity index (χ4n) is 4.40. The summed E-state index contributed by atoms with van der Waals surface area (Å²) in [4.78, 5) is 58.9. The Bertz CT molecular complexity index is 1850. The third-order valence-corrected chi connectivity index (χ3v) is 5.81. The van der Waals surface area contributed by atoms with E-state index in [0.29, 0.717) is 21.5 Å². The lowest BCUT2D eigenvalue weighted by Crippen LogP contribution is -2.52. The van der Waals surface area contributed by atoms with Crippen LogP contribution in [0.25, 0.3) is 32.3 Å². The minimum Gasteiger partial charge on any atom is -0.367 e. The van der Waals surface area contributed by atoms with Crippen molar-refractivity contribution in [3.05, 3.63) is 125 Å². The topological polar surface area (TPSA) is 112 Å². The number of aromatic nitrogens is 4. The first-order valence-electron chi connectivity index (χ1n) is 9.87. The molecular weight excluding hydrogens is 408 g/mol. The molecule has 0 bridgehead atoms. The molecule has 8 heteroatoms. The normalized spacial score (nSPS) is 11.6. The first-order valence-corrected chi connectivity index (χ1v) is 9.87. The third kappa shape index (κ3) is 2.26. The summed E-state index contributed by atoms with van der Waals surface area (Å²) in [5, 5.41) is 2.64. The molecule has 0 aliphatic rings. The van der Waals surface area contributed by atoms with Gasteiger partial charge in [0.1, 0.15) is 21.5 Å². The molecule has 152 valence electrons. The molecule has 0 atom stereocenters. The molecule has 0 spiro atoms. The quantitative estimate of drug-likeness (QED) is 0.271. The molecule has 6 rings (SSSR count). The average Bonchev–Trinajstić information content (AvgIpc) is 2.83. The average molecular weight is 422 g/mol. The van der Waals surface area contributed by atoms with E-state index in [-0.39, 0.29) is 21.5 Å². The van der Waals surface area contributed by atoms with E-state index in [2.05, 4.69) is 9.97 Å². The van der Waals surface area contributed by atoms with Gasteiger partial charge < -0.3 is 9.97 Å². The van der Waals surface area contributed by atoms with Crippen LogP contribution in [-0.2, 0) is 0 Å². The number of nitrogens with zero attached hydrogens (tertiary/aromatic N) is 2. The van der Waals surface area contributed by atoms with Crippen LogP contribution in [0.5, 0.6) is 0 Å². The minimum absolute atomic E-state index is 0.274. The molecule has 4 aromatic heterocycles. The minimum atomic E-state index is -0.502. The number of benzene rings is 2. The molecule has 0 fully saturated rings. The Labute approximate surface area is 176 Å². The standard InChI is InChI=1S/C24H12N4O4/c29-21-15-1-2-16-20-18(24(32)28(22(16)30)14-7-11-26-12-8-14)4-3-17(19(15)20)23(31)27(21)13-5-9-25-10-6-13/h1-12H/p+2. The molecule has 4 heterocycles. The molecule has 32 heavy (non-hydrogen) atoms. The summed E-state index contributed by atoms with van der Waals surface area (Å²) in [6.07, 6.45) is 6.50. The van der Waals surface area contributed by atoms with Crippen LogP contribution in [0.15, 0.2) is 92.5 Å². The van der Waals surface area contributed by atoms with Crippen molar-refractivity contribution in [3.63, 3.8) is 0 Å². The highest BCUT2D eigenvalue weighted by molar-refractivity contribution is 6.21. The first-order chi connectivity index (χ1) is 15.6. The van der Waals surface area contributed by atoms with E-state index < -0.39 is 22.2 Å². The molecule has 0 saturated heterocycles. The van der Waals surface area contributed by atoms with Gasteiger partial charge in [0.25, 0.3) is 0 Å². The van der Waals surface area contributed by atoms with Crippen molar-refractivity contribution in [2.45, 2.75) is 0 Å². The predicted molar refractivity (Wildman–Crippen MR) is 117 cm³/mol. The zero-order valence-electron chi connectivity index (χ0n) is 16.5.